The van der Waals surface area contributed by atoms with Gasteiger partial charge in [0.1, 0.15) is 5.60 Å². The maximum absolute atomic E-state index is 10.8. The molecule has 1 aliphatic carbocycles. The lowest BCUT2D eigenvalue weighted by Gasteiger charge is -2.36. The van der Waals surface area contributed by atoms with Gasteiger partial charge in [-0.15, -0.1) is 0 Å². The maximum Gasteiger partial charge on any atom is 0.143 e. The second-order valence-electron chi connectivity index (χ2n) is 8.91. The molecular formula is C29H35NO2. The minimum atomic E-state index is -0.784. The Balaban J connectivity index is 1.54. The van der Waals surface area contributed by atoms with E-state index >= 15 is 0 Å². The van der Waals surface area contributed by atoms with Crippen molar-refractivity contribution in [1.29, 1.82) is 0 Å². The van der Waals surface area contributed by atoms with Crippen molar-refractivity contribution in [3.8, 4) is 0 Å². The summed E-state index contributed by atoms with van der Waals surface area (Å²) in [6, 6.07) is 31.0. The van der Waals surface area contributed by atoms with Gasteiger partial charge in [-0.2, -0.15) is 0 Å². The lowest BCUT2D eigenvalue weighted by Crippen LogP contribution is -2.39. The summed E-state index contributed by atoms with van der Waals surface area (Å²) in [6.45, 7) is 1.78. The quantitative estimate of drug-likeness (QED) is 0.417. The van der Waals surface area contributed by atoms with Gasteiger partial charge in [0.25, 0.3) is 0 Å². The molecule has 0 amide bonds. The van der Waals surface area contributed by atoms with E-state index in [1.807, 2.05) is 54.6 Å². The number of benzene rings is 3. The van der Waals surface area contributed by atoms with Crippen LogP contribution in [-0.2, 0) is 10.3 Å². The van der Waals surface area contributed by atoms with Crippen LogP contribution in [0.3, 0.4) is 0 Å². The van der Waals surface area contributed by atoms with E-state index in [1.54, 1.807) is 0 Å². The fraction of sp³-hybridized carbons (Fsp3) is 0.379. The second kappa shape index (κ2) is 11.4. The van der Waals surface area contributed by atoms with E-state index in [4.69, 9.17) is 4.74 Å². The van der Waals surface area contributed by atoms with Crippen LogP contribution in [-0.4, -0.2) is 30.9 Å². The number of aliphatic hydroxyl groups is 1. The summed E-state index contributed by atoms with van der Waals surface area (Å²) in [5, 5.41) is 14.3. The third-order valence-corrected chi connectivity index (χ3v) is 6.57. The van der Waals surface area contributed by atoms with Crippen molar-refractivity contribution >= 4 is 0 Å². The lowest BCUT2D eigenvalue weighted by molar-refractivity contribution is -0.0374. The van der Waals surface area contributed by atoms with Crippen molar-refractivity contribution in [3.05, 3.63) is 108 Å². The summed E-state index contributed by atoms with van der Waals surface area (Å²) in [5.41, 5.74) is 2.38. The average Bonchev–Trinajstić information content (AvgIpc) is 2.87. The topological polar surface area (TPSA) is 41.5 Å². The molecule has 0 unspecified atom stereocenters. The summed E-state index contributed by atoms with van der Waals surface area (Å²) < 4.78 is 6.70. The summed E-state index contributed by atoms with van der Waals surface area (Å²) in [5.74, 6) is 0.744. The van der Waals surface area contributed by atoms with E-state index in [-0.39, 0.29) is 6.61 Å². The molecule has 4 rings (SSSR count). The van der Waals surface area contributed by atoms with Gasteiger partial charge in [-0.3, -0.25) is 0 Å². The normalized spacial score (nSPS) is 16.0. The maximum atomic E-state index is 10.8. The first-order chi connectivity index (χ1) is 15.8. The number of aliphatic hydroxyl groups excluding tert-OH is 1. The molecule has 2 N–H and O–H groups in total. The van der Waals surface area contributed by atoms with Gasteiger partial charge in [-0.25, -0.2) is 0 Å². The molecule has 3 aromatic rings. The first-order valence-corrected chi connectivity index (χ1v) is 12.0. The Labute approximate surface area is 192 Å². The predicted octanol–water partition coefficient (Wildman–Crippen LogP) is 5.53. The molecule has 1 saturated carbocycles. The molecule has 0 aromatic heterocycles. The van der Waals surface area contributed by atoms with Gasteiger partial charge >= 0.3 is 0 Å². The highest BCUT2D eigenvalue weighted by Crippen LogP contribution is 2.40. The zero-order chi connectivity index (χ0) is 22.1. The van der Waals surface area contributed by atoms with Crippen LogP contribution in [0.15, 0.2) is 91.0 Å². The highest BCUT2D eigenvalue weighted by atomic mass is 16.5. The van der Waals surface area contributed by atoms with Gasteiger partial charge in [0.2, 0.25) is 0 Å². The molecule has 1 atom stereocenters. The molecule has 0 saturated heterocycles. The van der Waals surface area contributed by atoms with Gasteiger partial charge in [0.05, 0.1) is 12.7 Å². The van der Waals surface area contributed by atoms with Crippen LogP contribution in [0.1, 0.15) is 48.8 Å². The summed E-state index contributed by atoms with van der Waals surface area (Å²) in [7, 11) is 0. The van der Waals surface area contributed by atoms with E-state index in [2.05, 4.69) is 41.7 Å². The number of rotatable bonds is 10. The average molecular weight is 430 g/mol. The second-order valence-corrected chi connectivity index (χ2v) is 8.91. The van der Waals surface area contributed by atoms with Crippen molar-refractivity contribution in [1.82, 2.24) is 5.32 Å². The molecule has 168 valence electrons. The smallest absolute Gasteiger partial charge is 0.143 e. The van der Waals surface area contributed by atoms with Crippen molar-refractivity contribution < 1.29 is 9.84 Å². The van der Waals surface area contributed by atoms with Crippen LogP contribution in [0.25, 0.3) is 0 Å². The summed E-state index contributed by atoms with van der Waals surface area (Å²) in [6.07, 6.45) is 6.08. The largest absolute Gasteiger partial charge is 0.389 e. The Hall–Kier alpha value is -2.46. The number of ether oxygens (including phenoxy) is 1. The molecule has 0 spiro atoms. The third-order valence-electron chi connectivity index (χ3n) is 6.57. The number of hydrogen-bond donors (Lipinski definition) is 2. The fourth-order valence-electron chi connectivity index (χ4n) is 4.89. The molecule has 0 aliphatic heterocycles. The van der Waals surface area contributed by atoms with Crippen LogP contribution >= 0.6 is 0 Å². The number of nitrogens with one attached hydrogen (secondary N) is 1. The van der Waals surface area contributed by atoms with Gasteiger partial charge in [0, 0.05) is 6.54 Å². The van der Waals surface area contributed by atoms with Gasteiger partial charge < -0.3 is 15.2 Å². The Morgan fingerprint density at radius 3 is 1.69 bits per heavy atom. The molecule has 3 aromatic carbocycles. The minimum absolute atomic E-state index is 0.246. The van der Waals surface area contributed by atoms with Crippen LogP contribution < -0.4 is 5.32 Å². The van der Waals surface area contributed by atoms with Crippen molar-refractivity contribution in [2.45, 2.75) is 43.8 Å². The predicted molar refractivity (Wildman–Crippen MR) is 131 cm³/mol. The van der Waals surface area contributed by atoms with Crippen LogP contribution in [0.2, 0.25) is 0 Å². The zero-order valence-electron chi connectivity index (χ0n) is 18.8. The molecule has 1 fully saturated rings. The van der Waals surface area contributed by atoms with Crippen molar-refractivity contribution in [2.24, 2.45) is 5.92 Å². The summed E-state index contributed by atoms with van der Waals surface area (Å²) in [4.78, 5) is 0. The van der Waals surface area contributed by atoms with Gasteiger partial charge in [-0.1, -0.05) is 110 Å². The van der Waals surface area contributed by atoms with E-state index in [0.29, 0.717) is 6.54 Å². The first-order valence-electron chi connectivity index (χ1n) is 12.0. The highest BCUT2D eigenvalue weighted by Gasteiger charge is 2.37. The van der Waals surface area contributed by atoms with Gasteiger partial charge in [0.15, 0.2) is 0 Å². The van der Waals surface area contributed by atoms with Crippen molar-refractivity contribution in [2.75, 3.05) is 19.7 Å². The molecule has 0 heterocycles. The van der Waals surface area contributed by atoms with E-state index in [0.717, 1.165) is 29.2 Å². The minimum Gasteiger partial charge on any atom is -0.389 e. The van der Waals surface area contributed by atoms with E-state index in [1.165, 1.54) is 32.1 Å². The molecular weight excluding hydrogens is 394 g/mol. The Kier molecular flexibility index (Phi) is 8.11. The highest BCUT2D eigenvalue weighted by molar-refractivity contribution is 5.47. The lowest BCUT2D eigenvalue weighted by atomic mass is 9.80. The van der Waals surface area contributed by atoms with Gasteiger partial charge in [-0.05, 0) is 42.0 Å². The standard InChI is InChI=1S/C29H35NO2/c31-28(22-30-21-24-13-5-1-6-14-24)23-32-29(25-15-7-2-8-16-25,26-17-9-3-10-18-26)27-19-11-4-12-20-27/h2-4,7-12,15-20,24,28,30-31H,1,5-6,13-14,21-23H2/t28-/m1/s1. The van der Waals surface area contributed by atoms with E-state index < -0.39 is 11.7 Å². The third kappa shape index (κ3) is 5.47. The van der Waals surface area contributed by atoms with Crippen LogP contribution in [0.5, 0.6) is 0 Å². The molecule has 0 radical (unpaired) electrons. The summed E-state index contributed by atoms with van der Waals surface area (Å²) >= 11 is 0. The van der Waals surface area contributed by atoms with Crippen LogP contribution in [0.4, 0.5) is 0 Å². The van der Waals surface area contributed by atoms with E-state index in [9.17, 15) is 5.11 Å². The zero-order valence-corrected chi connectivity index (χ0v) is 18.8. The molecule has 3 nitrogen and oxygen atoms in total. The number of hydrogen-bond acceptors (Lipinski definition) is 3. The monoisotopic (exact) mass is 429 g/mol. The Morgan fingerprint density at radius 1 is 0.750 bits per heavy atom. The molecule has 0 bridgehead atoms. The van der Waals surface area contributed by atoms with Crippen LogP contribution in [0, 0.1) is 5.92 Å². The molecule has 3 heteroatoms. The first kappa shape index (κ1) is 22.7. The molecule has 1 aliphatic rings. The Bertz CT molecular complexity index is 811. The molecule has 32 heavy (non-hydrogen) atoms. The Morgan fingerprint density at radius 2 is 1.22 bits per heavy atom. The van der Waals surface area contributed by atoms with Crippen molar-refractivity contribution in [3.63, 3.8) is 0 Å². The fourth-order valence-corrected chi connectivity index (χ4v) is 4.89. The SMILES string of the molecule is O[C@H](CNCC1CCCCC1)COC(c1ccccc1)(c1ccccc1)c1ccccc1.